The van der Waals surface area contributed by atoms with E-state index in [1.807, 2.05) is 26.2 Å². The average molecular weight is 295 g/mol. The van der Waals surface area contributed by atoms with Gasteiger partial charge in [0.05, 0.1) is 12.0 Å². The van der Waals surface area contributed by atoms with E-state index in [4.69, 9.17) is 0 Å². The number of imidazole rings is 1. The lowest BCUT2D eigenvalue weighted by Crippen LogP contribution is -2.19. The molecule has 21 heavy (non-hydrogen) atoms. The van der Waals surface area contributed by atoms with Gasteiger partial charge in [-0.3, -0.25) is 0 Å². The predicted molar refractivity (Wildman–Crippen MR) is 76.5 cm³/mol. The maximum absolute atomic E-state index is 12.1. The van der Waals surface area contributed by atoms with Gasteiger partial charge in [0.2, 0.25) is 0 Å². The molecular formula is C15H19F2N3O. The van der Waals surface area contributed by atoms with Crippen molar-refractivity contribution in [1.82, 2.24) is 14.9 Å². The van der Waals surface area contributed by atoms with Crippen LogP contribution in [0.15, 0.2) is 30.6 Å². The van der Waals surface area contributed by atoms with Gasteiger partial charge in [0.1, 0.15) is 5.75 Å². The molecule has 1 aromatic carbocycles. The van der Waals surface area contributed by atoms with Crippen LogP contribution in [0.25, 0.3) is 0 Å². The number of hydrogen-bond acceptors (Lipinski definition) is 3. The third-order valence-corrected chi connectivity index (χ3v) is 3.33. The molecule has 0 unspecified atom stereocenters. The predicted octanol–water partition coefficient (Wildman–Crippen LogP) is 2.89. The molecule has 114 valence electrons. The van der Waals surface area contributed by atoms with E-state index in [2.05, 4.69) is 19.6 Å². The monoisotopic (exact) mass is 295 g/mol. The molecule has 1 heterocycles. The van der Waals surface area contributed by atoms with Crippen LogP contribution in [0.3, 0.4) is 0 Å². The highest BCUT2D eigenvalue weighted by Crippen LogP contribution is 2.15. The first kappa shape index (κ1) is 15.4. The van der Waals surface area contributed by atoms with Crippen molar-refractivity contribution in [2.24, 2.45) is 0 Å². The van der Waals surface area contributed by atoms with E-state index in [9.17, 15) is 8.78 Å². The molecule has 0 aliphatic heterocycles. The molecule has 0 spiro atoms. The Morgan fingerprint density at radius 2 is 2.14 bits per heavy atom. The molecule has 0 saturated heterocycles. The van der Waals surface area contributed by atoms with Gasteiger partial charge in [-0.2, -0.15) is 8.78 Å². The summed E-state index contributed by atoms with van der Waals surface area (Å²) in [5, 5.41) is 3.28. The number of nitrogens with one attached hydrogen (secondary N) is 1. The maximum atomic E-state index is 12.1. The van der Waals surface area contributed by atoms with Gasteiger partial charge in [-0.1, -0.05) is 12.1 Å². The number of aryl methyl sites for hydroxylation is 1. The Morgan fingerprint density at radius 1 is 1.33 bits per heavy atom. The number of aromatic nitrogens is 2. The Kier molecular flexibility index (Phi) is 5.27. The summed E-state index contributed by atoms with van der Waals surface area (Å²) >= 11 is 0. The van der Waals surface area contributed by atoms with E-state index < -0.39 is 6.61 Å². The fraction of sp³-hybridized carbons (Fsp3) is 0.400. The summed E-state index contributed by atoms with van der Waals surface area (Å²) < 4.78 is 30.7. The topological polar surface area (TPSA) is 39.1 Å². The minimum Gasteiger partial charge on any atom is -0.435 e. The number of benzene rings is 1. The molecule has 1 N–H and O–H groups in total. The van der Waals surface area contributed by atoms with Crippen LogP contribution in [0.1, 0.15) is 17.0 Å². The zero-order valence-electron chi connectivity index (χ0n) is 12.1. The molecule has 0 amide bonds. The SMILES string of the molecule is Cc1ncn(CCNCc2cccc(OC(F)F)c2)c1C. The van der Waals surface area contributed by atoms with E-state index in [0.717, 1.165) is 30.0 Å². The molecule has 0 atom stereocenters. The van der Waals surface area contributed by atoms with Crippen molar-refractivity contribution in [2.45, 2.75) is 33.5 Å². The third-order valence-electron chi connectivity index (χ3n) is 3.33. The van der Waals surface area contributed by atoms with Gasteiger partial charge in [-0.25, -0.2) is 4.98 Å². The molecule has 0 radical (unpaired) electrons. The summed E-state index contributed by atoms with van der Waals surface area (Å²) in [6.45, 7) is 3.42. The first-order valence-corrected chi connectivity index (χ1v) is 6.79. The van der Waals surface area contributed by atoms with Crippen LogP contribution in [0, 0.1) is 13.8 Å². The number of halogens is 2. The zero-order chi connectivity index (χ0) is 15.2. The quantitative estimate of drug-likeness (QED) is 0.798. The van der Waals surface area contributed by atoms with Gasteiger partial charge in [-0.05, 0) is 31.5 Å². The fourth-order valence-electron chi connectivity index (χ4n) is 2.03. The van der Waals surface area contributed by atoms with Crippen LogP contribution >= 0.6 is 0 Å². The van der Waals surface area contributed by atoms with Crippen LogP contribution in [0.2, 0.25) is 0 Å². The Morgan fingerprint density at radius 3 is 2.81 bits per heavy atom. The normalized spacial score (nSPS) is 11.1. The highest BCUT2D eigenvalue weighted by atomic mass is 19.3. The van der Waals surface area contributed by atoms with Crippen LogP contribution in [-0.2, 0) is 13.1 Å². The van der Waals surface area contributed by atoms with Crippen LogP contribution in [0.5, 0.6) is 5.75 Å². The van der Waals surface area contributed by atoms with Gasteiger partial charge in [0.25, 0.3) is 0 Å². The van der Waals surface area contributed by atoms with Crippen molar-refractivity contribution >= 4 is 0 Å². The summed E-state index contributed by atoms with van der Waals surface area (Å²) in [7, 11) is 0. The van der Waals surface area contributed by atoms with E-state index in [1.165, 1.54) is 6.07 Å². The maximum Gasteiger partial charge on any atom is 0.387 e. The van der Waals surface area contributed by atoms with Gasteiger partial charge < -0.3 is 14.6 Å². The summed E-state index contributed by atoms with van der Waals surface area (Å²) in [5.74, 6) is 0.186. The molecule has 0 saturated carbocycles. The molecule has 0 bridgehead atoms. The largest absolute Gasteiger partial charge is 0.435 e. The van der Waals surface area contributed by atoms with Crippen molar-refractivity contribution in [3.05, 3.63) is 47.5 Å². The van der Waals surface area contributed by atoms with Gasteiger partial charge in [-0.15, -0.1) is 0 Å². The summed E-state index contributed by atoms with van der Waals surface area (Å²) in [6, 6.07) is 6.72. The standard InChI is InChI=1S/C15H19F2N3O/c1-11-12(2)20(10-19-11)7-6-18-9-13-4-3-5-14(8-13)21-15(16)17/h3-5,8,10,15,18H,6-7,9H2,1-2H3. The highest BCUT2D eigenvalue weighted by Gasteiger charge is 2.05. The lowest BCUT2D eigenvalue weighted by molar-refractivity contribution is -0.0498. The van der Waals surface area contributed by atoms with Crippen LogP contribution < -0.4 is 10.1 Å². The number of hydrogen-bond donors (Lipinski definition) is 1. The summed E-state index contributed by atoms with van der Waals surface area (Å²) in [5.41, 5.74) is 3.10. The lowest BCUT2D eigenvalue weighted by Gasteiger charge is -2.09. The highest BCUT2D eigenvalue weighted by molar-refractivity contribution is 5.28. The molecule has 0 aliphatic carbocycles. The second-order valence-electron chi connectivity index (χ2n) is 4.81. The van der Waals surface area contributed by atoms with Crippen molar-refractivity contribution in [2.75, 3.05) is 6.54 Å². The number of alkyl halides is 2. The second-order valence-corrected chi connectivity index (χ2v) is 4.81. The summed E-state index contributed by atoms with van der Waals surface area (Å²) in [4.78, 5) is 4.24. The number of rotatable bonds is 7. The third kappa shape index (κ3) is 4.53. The van der Waals surface area contributed by atoms with Crippen LogP contribution in [0.4, 0.5) is 8.78 Å². The van der Waals surface area contributed by atoms with Gasteiger partial charge >= 0.3 is 6.61 Å². The van der Waals surface area contributed by atoms with Crippen molar-refractivity contribution in [1.29, 1.82) is 0 Å². The first-order chi connectivity index (χ1) is 10.1. The molecule has 0 fully saturated rings. The van der Waals surface area contributed by atoms with E-state index in [0.29, 0.717) is 6.54 Å². The first-order valence-electron chi connectivity index (χ1n) is 6.79. The molecule has 1 aromatic heterocycles. The minimum absolute atomic E-state index is 0.186. The second kappa shape index (κ2) is 7.17. The average Bonchev–Trinajstić information content (AvgIpc) is 2.75. The van der Waals surface area contributed by atoms with E-state index in [1.54, 1.807) is 12.1 Å². The van der Waals surface area contributed by atoms with Crippen molar-refractivity contribution in [3.8, 4) is 5.75 Å². The van der Waals surface area contributed by atoms with E-state index in [-0.39, 0.29) is 5.75 Å². The number of nitrogens with zero attached hydrogens (tertiary/aromatic N) is 2. The molecule has 4 nitrogen and oxygen atoms in total. The smallest absolute Gasteiger partial charge is 0.387 e. The number of ether oxygens (including phenoxy) is 1. The lowest BCUT2D eigenvalue weighted by atomic mass is 10.2. The minimum atomic E-state index is -2.79. The van der Waals surface area contributed by atoms with Gasteiger partial charge in [0.15, 0.2) is 0 Å². The zero-order valence-corrected chi connectivity index (χ0v) is 12.1. The van der Waals surface area contributed by atoms with Crippen molar-refractivity contribution in [3.63, 3.8) is 0 Å². The van der Waals surface area contributed by atoms with Crippen molar-refractivity contribution < 1.29 is 13.5 Å². The Bertz CT molecular complexity index is 584. The fourth-order valence-corrected chi connectivity index (χ4v) is 2.03. The molecule has 0 aliphatic rings. The summed E-state index contributed by atoms with van der Waals surface area (Å²) in [6.07, 6.45) is 1.82. The Labute approximate surface area is 122 Å². The Balaban J connectivity index is 1.79. The molecule has 2 rings (SSSR count). The van der Waals surface area contributed by atoms with Crippen LogP contribution in [-0.4, -0.2) is 22.7 Å². The molecular weight excluding hydrogens is 276 g/mol. The molecule has 6 heteroatoms. The van der Waals surface area contributed by atoms with Gasteiger partial charge in [0, 0.05) is 25.3 Å². The van der Waals surface area contributed by atoms with E-state index >= 15 is 0 Å². The Hall–Kier alpha value is -1.95. The molecule has 2 aromatic rings.